The third kappa shape index (κ3) is 3.85. The predicted molar refractivity (Wildman–Crippen MR) is 77.2 cm³/mol. The standard InChI is InChI=1S/C14H21N3O3/c1-10(15-6-7-17(2)3)14(18)16-11-4-5-12-13(8-11)20-9-19-12/h4-5,8,10,15H,6-7,9H2,1-3H3,(H,16,18). The first-order valence-electron chi connectivity index (χ1n) is 6.65. The van der Waals surface area contributed by atoms with Crippen LogP contribution in [0.2, 0.25) is 0 Å². The van der Waals surface area contributed by atoms with Gasteiger partial charge in [-0.1, -0.05) is 0 Å². The fraction of sp³-hybridized carbons (Fsp3) is 0.500. The predicted octanol–water partition coefficient (Wildman–Crippen LogP) is 0.893. The van der Waals surface area contributed by atoms with Crippen molar-refractivity contribution in [2.75, 3.05) is 39.3 Å². The zero-order valence-electron chi connectivity index (χ0n) is 12.1. The Bertz CT molecular complexity index is 477. The minimum Gasteiger partial charge on any atom is -0.454 e. The van der Waals surface area contributed by atoms with E-state index < -0.39 is 0 Å². The highest BCUT2D eigenvalue weighted by Crippen LogP contribution is 2.34. The summed E-state index contributed by atoms with van der Waals surface area (Å²) < 4.78 is 10.5. The SMILES string of the molecule is CC(NCCN(C)C)C(=O)Nc1ccc2c(c1)OCO2. The van der Waals surface area contributed by atoms with Gasteiger partial charge in [0.05, 0.1) is 6.04 Å². The molecule has 6 heteroatoms. The number of rotatable bonds is 6. The fourth-order valence-corrected chi connectivity index (χ4v) is 1.82. The molecule has 0 spiro atoms. The van der Waals surface area contributed by atoms with Crippen molar-refractivity contribution in [3.8, 4) is 11.5 Å². The van der Waals surface area contributed by atoms with Gasteiger partial charge < -0.3 is 25.0 Å². The lowest BCUT2D eigenvalue weighted by Crippen LogP contribution is -2.41. The Labute approximate surface area is 119 Å². The number of carbonyl (C=O) groups is 1. The second kappa shape index (κ2) is 6.58. The number of nitrogens with one attached hydrogen (secondary N) is 2. The number of anilines is 1. The summed E-state index contributed by atoms with van der Waals surface area (Å²) in [6.07, 6.45) is 0. The highest BCUT2D eigenvalue weighted by molar-refractivity contribution is 5.94. The Morgan fingerprint density at radius 1 is 1.35 bits per heavy atom. The van der Waals surface area contributed by atoms with Crippen molar-refractivity contribution in [3.05, 3.63) is 18.2 Å². The first-order valence-corrected chi connectivity index (χ1v) is 6.65. The molecule has 0 fully saturated rings. The van der Waals surface area contributed by atoms with Crippen LogP contribution >= 0.6 is 0 Å². The van der Waals surface area contributed by atoms with Crippen molar-refractivity contribution >= 4 is 11.6 Å². The van der Waals surface area contributed by atoms with Crippen LogP contribution in [0.3, 0.4) is 0 Å². The molecule has 20 heavy (non-hydrogen) atoms. The molecular weight excluding hydrogens is 258 g/mol. The van der Waals surface area contributed by atoms with E-state index in [1.807, 2.05) is 21.0 Å². The second-order valence-corrected chi connectivity index (χ2v) is 5.04. The number of benzene rings is 1. The van der Waals surface area contributed by atoms with E-state index in [4.69, 9.17) is 9.47 Å². The average molecular weight is 279 g/mol. The highest BCUT2D eigenvalue weighted by Gasteiger charge is 2.16. The van der Waals surface area contributed by atoms with E-state index in [1.165, 1.54) is 0 Å². The molecule has 1 aliphatic heterocycles. The van der Waals surface area contributed by atoms with E-state index in [0.717, 1.165) is 13.1 Å². The van der Waals surface area contributed by atoms with Gasteiger partial charge in [-0.05, 0) is 33.2 Å². The van der Waals surface area contributed by atoms with Crippen LogP contribution < -0.4 is 20.1 Å². The van der Waals surface area contributed by atoms with E-state index >= 15 is 0 Å². The van der Waals surface area contributed by atoms with Gasteiger partial charge >= 0.3 is 0 Å². The minimum atomic E-state index is -0.250. The summed E-state index contributed by atoms with van der Waals surface area (Å²) in [5.41, 5.74) is 0.709. The topological polar surface area (TPSA) is 62.8 Å². The molecule has 1 aromatic carbocycles. The van der Waals surface area contributed by atoms with Crippen LogP contribution in [0, 0.1) is 0 Å². The molecule has 6 nitrogen and oxygen atoms in total. The Hall–Kier alpha value is -1.79. The number of ether oxygens (including phenoxy) is 2. The van der Waals surface area contributed by atoms with Crippen LogP contribution in [-0.4, -0.2) is 50.8 Å². The molecule has 110 valence electrons. The normalized spacial score (nSPS) is 14.4. The van der Waals surface area contributed by atoms with Crippen molar-refractivity contribution in [1.82, 2.24) is 10.2 Å². The highest BCUT2D eigenvalue weighted by atomic mass is 16.7. The molecule has 1 amide bonds. The Morgan fingerprint density at radius 2 is 2.10 bits per heavy atom. The van der Waals surface area contributed by atoms with Crippen LogP contribution in [0.15, 0.2) is 18.2 Å². The van der Waals surface area contributed by atoms with Crippen molar-refractivity contribution in [3.63, 3.8) is 0 Å². The molecular formula is C14H21N3O3. The monoisotopic (exact) mass is 279 g/mol. The Morgan fingerprint density at radius 3 is 2.85 bits per heavy atom. The van der Waals surface area contributed by atoms with Crippen LogP contribution in [0.25, 0.3) is 0 Å². The number of hydrogen-bond donors (Lipinski definition) is 2. The number of carbonyl (C=O) groups excluding carboxylic acids is 1. The maximum atomic E-state index is 12.0. The van der Waals surface area contributed by atoms with Gasteiger partial charge in [0.2, 0.25) is 12.7 Å². The molecule has 0 saturated carbocycles. The molecule has 0 aromatic heterocycles. The van der Waals surface area contributed by atoms with Crippen LogP contribution in [-0.2, 0) is 4.79 Å². The third-order valence-corrected chi connectivity index (χ3v) is 3.04. The summed E-state index contributed by atoms with van der Waals surface area (Å²) in [5.74, 6) is 1.30. The number of amides is 1. The van der Waals surface area contributed by atoms with Crippen molar-refractivity contribution < 1.29 is 14.3 Å². The van der Waals surface area contributed by atoms with Crippen molar-refractivity contribution in [2.45, 2.75) is 13.0 Å². The van der Waals surface area contributed by atoms with Gasteiger partial charge in [-0.2, -0.15) is 0 Å². The molecule has 0 radical (unpaired) electrons. The minimum absolute atomic E-state index is 0.0670. The number of nitrogens with zero attached hydrogens (tertiary/aromatic N) is 1. The molecule has 1 heterocycles. The van der Waals surface area contributed by atoms with E-state index in [2.05, 4.69) is 15.5 Å². The van der Waals surface area contributed by atoms with E-state index in [1.54, 1.807) is 18.2 Å². The third-order valence-electron chi connectivity index (χ3n) is 3.04. The zero-order valence-corrected chi connectivity index (χ0v) is 12.1. The largest absolute Gasteiger partial charge is 0.454 e. The lowest BCUT2D eigenvalue weighted by molar-refractivity contribution is -0.117. The van der Waals surface area contributed by atoms with Gasteiger partial charge in [-0.25, -0.2) is 0 Å². The van der Waals surface area contributed by atoms with Gasteiger partial charge in [0.25, 0.3) is 0 Å². The van der Waals surface area contributed by atoms with Crippen molar-refractivity contribution in [1.29, 1.82) is 0 Å². The molecule has 0 bridgehead atoms. The van der Waals surface area contributed by atoms with Gasteiger partial charge in [-0.15, -0.1) is 0 Å². The number of likely N-dealkylation sites (N-methyl/N-ethyl adjacent to an activating group) is 1. The fourth-order valence-electron chi connectivity index (χ4n) is 1.82. The summed E-state index contributed by atoms with van der Waals surface area (Å²) in [5, 5.41) is 6.04. The van der Waals surface area contributed by atoms with Crippen LogP contribution in [0.4, 0.5) is 5.69 Å². The summed E-state index contributed by atoms with van der Waals surface area (Å²) in [4.78, 5) is 14.1. The Kier molecular flexibility index (Phi) is 4.81. The molecule has 2 rings (SSSR count). The average Bonchev–Trinajstić information content (AvgIpc) is 2.85. The number of hydrogen-bond acceptors (Lipinski definition) is 5. The van der Waals surface area contributed by atoms with Gasteiger partial charge in [0.15, 0.2) is 11.5 Å². The first-order chi connectivity index (χ1) is 9.56. The summed E-state index contributed by atoms with van der Waals surface area (Å²) in [6.45, 7) is 3.73. The summed E-state index contributed by atoms with van der Waals surface area (Å²) in [6, 6.07) is 5.12. The quantitative estimate of drug-likeness (QED) is 0.810. The van der Waals surface area contributed by atoms with Gasteiger partial charge in [0, 0.05) is 24.8 Å². The smallest absolute Gasteiger partial charge is 0.241 e. The van der Waals surface area contributed by atoms with Gasteiger partial charge in [-0.3, -0.25) is 4.79 Å². The maximum absolute atomic E-state index is 12.0. The summed E-state index contributed by atoms with van der Waals surface area (Å²) in [7, 11) is 4.00. The lowest BCUT2D eigenvalue weighted by atomic mass is 10.2. The molecule has 1 unspecified atom stereocenters. The molecule has 1 aliphatic rings. The molecule has 1 aromatic rings. The molecule has 2 N–H and O–H groups in total. The van der Waals surface area contributed by atoms with E-state index in [-0.39, 0.29) is 18.7 Å². The van der Waals surface area contributed by atoms with Crippen molar-refractivity contribution in [2.24, 2.45) is 0 Å². The molecule has 0 saturated heterocycles. The first kappa shape index (κ1) is 14.6. The maximum Gasteiger partial charge on any atom is 0.241 e. The zero-order chi connectivity index (χ0) is 14.5. The number of fused-ring (bicyclic) bond motifs is 1. The molecule has 1 atom stereocenters. The molecule has 0 aliphatic carbocycles. The van der Waals surface area contributed by atoms with Crippen LogP contribution in [0.5, 0.6) is 11.5 Å². The van der Waals surface area contributed by atoms with Gasteiger partial charge in [0.1, 0.15) is 0 Å². The van der Waals surface area contributed by atoms with E-state index in [9.17, 15) is 4.79 Å². The Balaban J connectivity index is 1.84. The van der Waals surface area contributed by atoms with Crippen LogP contribution in [0.1, 0.15) is 6.92 Å². The summed E-state index contributed by atoms with van der Waals surface area (Å²) >= 11 is 0. The lowest BCUT2D eigenvalue weighted by Gasteiger charge is -2.16. The second-order valence-electron chi connectivity index (χ2n) is 5.04. The van der Waals surface area contributed by atoms with E-state index in [0.29, 0.717) is 17.2 Å².